The first-order chi connectivity index (χ1) is 19.3. The quantitative estimate of drug-likeness (QED) is 0.0499. The lowest BCUT2D eigenvalue weighted by atomic mass is 10.1. The van der Waals surface area contributed by atoms with Crippen LogP contribution in [0.4, 0.5) is 0 Å². The lowest BCUT2D eigenvalue weighted by molar-refractivity contribution is -0.161. The highest BCUT2D eigenvalue weighted by atomic mass is 31.2. The van der Waals surface area contributed by atoms with Gasteiger partial charge in [0.15, 0.2) is 6.10 Å². The lowest BCUT2D eigenvalue weighted by Gasteiger charge is -2.19. The minimum atomic E-state index is -4.25. The Balaban J connectivity index is 4.22. The van der Waals surface area contributed by atoms with E-state index in [1.807, 2.05) is 0 Å². The highest BCUT2D eigenvalue weighted by molar-refractivity contribution is 7.47. The molecule has 8 nitrogen and oxygen atoms in total. The maximum atomic E-state index is 12.4. The van der Waals surface area contributed by atoms with Crippen LogP contribution in [0.15, 0.2) is 0 Å². The normalized spacial score (nSPS) is 13.6. The molecule has 9 heteroatoms. The second-order valence-corrected chi connectivity index (χ2v) is 12.3. The Labute approximate surface area is 245 Å². The standard InChI is InChI=1S/C31H61O8P/c1-4-7-9-11-13-15-16-18-20-22-24-26-31(33)39-29(28-38-40(34,35)37-6-3)27-36-30(32)25-23-21-19-17-14-12-10-8-5-2/h29H,4-28H2,1-3H3,(H,34,35). The zero-order valence-corrected chi connectivity index (χ0v) is 26.9. The minimum absolute atomic E-state index is 0.00478. The second-order valence-electron chi connectivity index (χ2n) is 10.8. The van der Waals surface area contributed by atoms with Crippen LogP contribution >= 0.6 is 7.82 Å². The molecule has 2 atom stereocenters. The number of phosphoric ester groups is 1. The summed E-state index contributed by atoms with van der Waals surface area (Å²) in [5, 5.41) is 0. The third-order valence-electron chi connectivity index (χ3n) is 6.91. The summed E-state index contributed by atoms with van der Waals surface area (Å²) in [7, 11) is -4.25. The fraction of sp³-hybridized carbons (Fsp3) is 0.935. The molecule has 0 radical (unpaired) electrons. The second kappa shape index (κ2) is 28.2. The van der Waals surface area contributed by atoms with E-state index in [9.17, 15) is 19.0 Å². The Kier molecular flexibility index (Phi) is 27.5. The van der Waals surface area contributed by atoms with Gasteiger partial charge in [0.05, 0.1) is 13.2 Å². The van der Waals surface area contributed by atoms with Crippen LogP contribution in [0, 0.1) is 0 Å². The molecular weight excluding hydrogens is 531 g/mol. The number of hydrogen-bond acceptors (Lipinski definition) is 7. The van der Waals surface area contributed by atoms with Gasteiger partial charge in [-0.25, -0.2) is 4.57 Å². The Morgan fingerprint density at radius 2 is 0.975 bits per heavy atom. The highest BCUT2D eigenvalue weighted by Gasteiger charge is 2.25. The molecule has 40 heavy (non-hydrogen) atoms. The molecule has 0 aromatic carbocycles. The number of unbranched alkanes of at least 4 members (excludes halogenated alkanes) is 18. The number of ether oxygens (including phenoxy) is 2. The van der Waals surface area contributed by atoms with Gasteiger partial charge in [0, 0.05) is 12.8 Å². The summed E-state index contributed by atoms with van der Waals surface area (Å²) in [6.07, 6.45) is 23.0. The molecule has 0 aliphatic carbocycles. The van der Waals surface area contributed by atoms with Crippen LogP contribution in [0.5, 0.6) is 0 Å². The van der Waals surface area contributed by atoms with Crippen LogP contribution in [0.3, 0.4) is 0 Å². The van der Waals surface area contributed by atoms with Crippen molar-refractivity contribution in [2.45, 2.75) is 168 Å². The van der Waals surface area contributed by atoms with Crippen molar-refractivity contribution in [3.8, 4) is 0 Å². The Morgan fingerprint density at radius 1 is 0.575 bits per heavy atom. The molecule has 0 saturated heterocycles. The predicted octanol–water partition coefficient (Wildman–Crippen LogP) is 9.22. The predicted molar refractivity (Wildman–Crippen MR) is 161 cm³/mol. The largest absolute Gasteiger partial charge is 0.472 e. The van der Waals surface area contributed by atoms with Crippen LogP contribution in [-0.4, -0.2) is 42.8 Å². The van der Waals surface area contributed by atoms with Gasteiger partial charge < -0.3 is 14.4 Å². The molecule has 0 aromatic heterocycles. The van der Waals surface area contributed by atoms with E-state index in [2.05, 4.69) is 13.8 Å². The molecule has 0 spiro atoms. The topological polar surface area (TPSA) is 108 Å². The van der Waals surface area contributed by atoms with Crippen molar-refractivity contribution in [1.29, 1.82) is 0 Å². The van der Waals surface area contributed by atoms with Gasteiger partial charge in [0.2, 0.25) is 0 Å². The van der Waals surface area contributed by atoms with E-state index >= 15 is 0 Å². The molecule has 0 fully saturated rings. The summed E-state index contributed by atoms with van der Waals surface area (Å²) < 4.78 is 32.3. The average molecular weight is 593 g/mol. The molecule has 1 N–H and O–H groups in total. The van der Waals surface area contributed by atoms with Crippen molar-refractivity contribution < 1.29 is 37.6 Å². The van der Waals surface area contributed by atoms with Gasteiger partial charge in [-0.2, -0.15) is 0 Å². The van der Waals surface area contributed by atoms with E-state index < -0.39 is 19.9 Å². The van der Waals surface area contributed by atoms with Crippen LogP contribution in [0.25, 0.3) is 0 Å². The summed E-state index contributed by atoms with van der Waals surface area (Å²) in [4.78, 5) is 34.3. The third kappa shape index (κ3) is 27.2. The fourth-order valence-corrected chi connectivity index (χ4v) is 5.27. The molecular formula is C31H61O8P. The lowest BCUT2D eigenvalue weighted by Crippen LogP contribution is -2.29. The first kappa shape index (κ1) is 39.0. The zero-order valence-electron chi connectivity index (χ0n) is 26.0. The van der Waals surface area contributed by atoms with Crippen molar-refractivity contribution in [2.24, 2.45) is 0 Å². The van der Waals surface area contributed by atoms with E-state index in [0.29, 0.717) is 6.42 Å². The average Bonchev–Trinajstić information content (AvgIpc) is 2.92. The molecule has 0 amide bonds. The van der Waals surface area contributed by atoms with Crippen molar-refractivity contribution in [3.63, 3.8) is 0 Å². The van der Waals surface area contributed by atoms with Gasteiger partial charge >= 0.3 is 19.8 Å². The van der Waals surface area contributed by atoms with Gasteiger partial charge in [-0.15, -0.1) is 0 Å². The van der Waals surface area contributed by atoms with Gasteiger partial charge in [0.1, 0.15) is 6.61 Å². The molecule has 2 unspecified atom stereocenters. The number of carbonyl (C=O) groups excluding carboxylic acids is 2. The van der Waals surface area contributed by atoms with Crippen LogP contribution in [0.1, 0.15) is 162 Å². The molecule has 0 aliphatic heterocycles. The minimum Gasteiger partial charge on any atom is -0.462 e. The van der Waals surface area contributed by atoms with Crippen molar-refractivity contribution >= 4 is 19.8 Å². The number of hydrogen-bond donors (Lipinski definition) is 1. The molecule has 0 heterocycles. The van der Waals surface area contributed by atoms with E-state index in [0.717, 1.165) is 38.5 Å². The van der Waals surface area contributed by atoms with Crippen LogP contribution < -0.4 is 0 Å². The number of rotatable bonds is 30. The van der Waals surface area contributed by atoms with E-state index in [1.165, 1.54) is 89.9 Å². The number of carbonyl (C=O) groups is 2. The van der Waals surface area contributed by atoms with Crippen LogP contribution in [-0.2, 0) is 32.7 Å². The Morgan fingerprint density at radius 3 is 1.40 bits per heavy atom. The first-order valence-corrected chi connectivity index (χ1v) is 17.8. The van der Waals surface area contributed by atoms with Gasteiger partial charge in [-0.05, 0) is 19.8 Å². The zero-order chi connectivity index (χ0) is 29.7. The molecule has 0 aromatic rings. The Bertz CT molecular complexity index is 643. The highest BCUT2D eigenvalue weighted by Crippen LogP contribution is 2.43. The van der Waals surface area contributed by atoms with Crippen molar-refractivity contribution in [3.05, 3.63) is 0 Å². The monoisotopic (exact) mass is 592 g/mol. The smallest absolute Gasteiger partial charge is 0.462 e. The van der Waals surface area contributed by atoms with Crippen molar-refractivity contribution in [1.82, 2.24) is 0 Å². The number of phosphoric acid groups is 1. The van der Waals surface area contributed by atoms with Gasteiger partial charge in [-0.3, -0.25) is 18.6 Å². The molecule has 0 aliphatic rings. The maximum absolute atomic E-state index is 12.4. The molecule has 0 bridgehead atoms. The van der Waals surface area contributed by atoms with E-state index in [-0.39, 0.29) is 32.2 Å². The van der Waals surface area contributed by atoms with Gasteiger partial charge in [-0.1, -0.05) is 129 Å². The summed E-state index contributed by atoms with van der Waals surface area (Å²) in [5.41, 5.74) is 0. The van der Waals surface area contributed by atoms with Gasteiger partial charge in [0.25, 0.3) is 0 Å². The molecule has 238 valence electrons. The SMILES string of the molecule is CCCCCCCCCCCCCC(=O)OC(COC(=O)CCCCCCCCCCC)COP(=O)(O)OCC. The molecule has 0 rings (SSSR count). The fourth-order valence-electron chi connectivity index (χ4n) is 4.51. The third-order valence-corrected chi connectivity index (χ3v) is 7.97. The summed E-state index contributed by atoms with van der Waals surface area (Å²) in [5.74, 6) is -0.796. The summed E-state index contributed by atoms with van der Waals surface area (Å²) in [6, 6.07) is 0. The molecule has 0 saturated carbocycles. The maximum Gasteiger partial charge on any atom is 0.472 e. The first-order valence-electron chi connectivity index (χ1n) is 16.3. The van der Waals surface area contributed by atoms with E-state index in [1.54, 1.807) is 6.92 Å². The summed E-state index contributed by atoms with van der Waals surface area (Å²) in [6.45, 7) is 5.42. The Hall–Kier alpha value is -0.950. The summed E-state index contributed by atoms with van der Waals surface area (Å²) >= 11 is 0. The van der Waals surface area contributed by atoms with E-state index in [4.69, 9.17) is 18.5 Å². The van der Waals surface area contributed by atoms with Crippen LogP contribution in [0.2, 0.25) is 0 Å². The number of esters is 2. The van der Waals surface area contributed by atoms with Crippen molar-refractivity contribution in [2.75, 3.05) is 19.8 Å².